The summed E-state index contributed by atoms with van der Waals surface area (Å²) in [6, 6.07) is 73.0. The van der Waals surface area contributed by atoms with Gasteiger partial charge in [-0.1, -0.05) is 180 Å². The Morgan fingerprint density at radius 3 is 0.868 bits per heavy atom. The van der Waals surface area contributed by atoms with Crippen molar-refractivity contribution >= 4 is 43.6 Å². The minimum Gasteiger partial charge on any atom is -0.307 e. The average molecular weight is 871 g/mol. The third-order valence-electron chi connectivity index (χ3n) is 13.8. The number of nitrogens with zero attached hydrogens (tertiary/aromatic N) is 4. The molecule has 0 unspecified atom stereocenters. The van der Waals surface area contributed by atoms with Gasteiger partial charge in [-0.2, -0.15) is 5.26 Å². The van der Waals surface area contributed by atoms with Crippen LogP contribution in [0.1, 0.15) is 27.8 Å². The average Bonchev–Trinajstić information content (AvgIpc) is 3.88. The zero-order valence-electron chi connectivity index (χ0n) is 38.4. The molecule has 322 valence electrons. The van der Waals surface area contributed by atoms with Crippen molar-refractivity contribution in [3.63, 3.8) is 0 Å². The van der Waals surface area contributed by atoms with Crippen LogP contribution in [0, 0.1) is 39.0 Å². The lowest BCUT2D eigenvalue weighted by Gasteiger charge is -2.20. The van der Waals surface area contributed by atoms with Crippen LogP contribution < -0.4 is 0 Å². The quantitative estimate of drug-likeness (QED) is 0.160. The van der Waals surface area contributed by atoms with Gasteiger partial charge in [0.25, 0.3) is 0 Å². The van der Waals surface area contributed by atoms with Crippen molar-refractivity contribution in [2.45, 2.75) is 27.7 Å². The van der Waals surface area contributed by atoms with E-state index in [9.17, 15) is 5.26 Å². The molecule has 0 amide bonds. The molecule has 0 N–H and O–H groups in total. The van der Waals surface area contributed by atoms with Crippen molar-refractivity contribution < 1.29 is 0 Å². The predicted molar refractivity (Wildman–Crippen MR) is 284 cm³/mol. The second kappa shape index (κ2) is 16.3. The molecule has 12 rings (SSSR count). The molecule has 4 heteroatoms. The zero-order chi connectivity index (χ0) is 46.0. The summed E-state index contributed by atoms with van der Waals surface area (Å²) < 4.78 is 4.85. The van der Waals surface area contributed by atoms with Gasteiger partial charge in [0.1, 0.15) is 0 Å². The van der Waals surface area contributed by atoms with Crippen molar-refractivity contribution in [3.05, 3.63) is 234 Å². The molecule has 0 saturated carbocycles. The van der Waals surface area contributed by atoms with E-state index < -0.39 is 0 Å². The van der Waals surface area contributed by atoms with E-state index >= 15 is 0 Å². The first-order chi connectivity index (χ1) is 33.3. The Morgan fingerprint density at radius 2 is 0.588 bits per heavy atom. The van der Waals surface area contributed by atoms with Crippen LogP contribution in [0.3, 0.4) is 0 Å². The monoisotopic (exact) mass is 870 g/mol. The molecule has 0 spiro atoms. The SMILES string of the molecule is Cc1ccc(-c2ccc3c4ccc(-c5ccc(C)cc5)cc4n(-c4cncc(-n5c6cc(-c7ccc(C)cc7)ccc6c6ccc(-c7ccc(C)cc7)cc65)c4-c4ccc(C#N)cc4)c3c2)cc1. The lowest BCUT2D eigenvalue weighted by molar-refractivity contribution is 1.09. The maximum atomic E-state index is 10.1. The summed E-state index contributed by atoms with van der Waals surface area (Å²) in [5, 5.41) is 14.7. The highest BCUT2D eigenvalue weighted by Gasteiger charge is 2.24. The number of rotatable bonds is 7. The van der Waals surface area contributed by atoms with Crippen LogP contribution in [0.4, 0.5) is 0 Å². The number of hydrogen-bond acceptors (Lipinski definition) is 2. The van der Waals surface area contributed by atoms with Gasteiger partial charge in [0.2, 0.25) is 0 Å². The molecule has 0 aliphatic rings. The van der Waals surface area contributed by atoms with Crippen LogP contribution in [0.2, 0.25) is 0 Å². The number of aryl methyl sites for hydroxylation is 4. The predicted octanol–water partition coefficient (Wildman–Crippen LogP) is 16.7. The molecule has 0 aliphatic heterocycles. The second-order valence-electron chi connectivity index (χ2n) is 18.3. The highest BCUT2D eigenvalue weighted by Crippen LogP contribution is 2.44. The lowest BCUT2D eigenvalue weighted by atomic mass is 10.0. The van der Waals surface area contributed by atoms with E-state index in [0.717, 1.165) is 111 Å². The molecule has 68 heavy (non-hydrogen) atoms. The molecule has 0 bridgehead atoms. The fourth-order valence-corrected chi connectivity index (χ4v) is 10.0. The topological polar surface area (TPSA) is 46.5 Å². The van der Waals surface area contributed by atoms with Crippen molar-refractivity contribution in [1.82, 2.24) is 14.1 Å². The highest BCUT2D eigenvalue weighted by molar-refractivity contribution is 6.14. The molecular formula is C64H46N4. The number of hydrogen-bond donors (Lipinski definition) is 0. The van der Waals surface area contributed by atoms with E-state index in [1.807, 2.05) is 24.5 Å². The Bertz CT molecular complexity index is 3520. The molecule has 0 radical (unpaired) electrons. The van der Waals surface area contributed by atoms with Crippen molar-refractivity contribution in [3.8, 4) is 73.1 Å². The standard InChI is InChI=1S/C64H46N4/c1-40-5-15-45(16-6-40)50-25-29-54-55-30-26-51(46-17-7-41(2)8-18-46)34-59(55)67(58(54)33-50)62-38-66-39-63(64(62)49-23-13-44(37-65)14-24-49)68-60-35-52(47-19-9-42(3)10-20-47)27-31-56(60)57-32-28-53(36-61(57)68)48-21-11-43(4)12-22-48/h5-36,38-39H,1-4H3. The number of fused-ring (bicyclic) bond motifs is 6. The normalized spacial score (nSPS) is 11.5. The molecule has 4 nitrogen and oxygen atoms in total. The summed E-state index contributed by atoms with van der Waals surface area (Å²) in [6.45, 7) is 8.52. The number of pyridine rings is 1. The summed E-state index contributed by atoms with van der Waals surface area (Å²) in [7, 11) is 0. The van der Waals surface area contributed by atoms with E-state index in [1.54, 1.807) is 0 Å². The summed E-state index contributed by atoms with van der Waals surface area (Å²) in [4.78, 5) is 5.21. The van der Waals surface area contributed by atoms with Crippen molar-refractivity contribution in [2.75, 3.05) is 0 Å². The second-order valence-corrected chi connectivity index (χ2v) is 18.3. The molecule has 3 heterocycles. The first-order valence-corrected chi connectivity index (χ1v) is 23.2. The Hall–Kier alpha value is -8.78. The minimum atomic E-state index is 0.607. The van der Waals surface area contributed by atoms with Gasteiger partial charge in [0.15, 0.2) is 0 Å². The van der Waals surface area contributed by atoms with Gasteiger partial charge >= 0.3 is 0 Å². The Morgan fingerprint density at radius 1 is 0.324 bits per heavy atom. The van der Waals surface area contributed by atoms with E-state index in [1.165, 1.54) is 22.3 Å². The summed E-state index contributed by atoms with van der Waals surface area (Å²) >= 11 is 0. The minimum absolute atomic E-state index is 0.607. The molecule has 9 aromatic carbocycles. The molecular weight excluding hydrogens is 825 g/mol. The molecule has 0 aliphatic carbocycles. The van der Waals surface area contributed by atoms with Gasteiger partial charge < -0.3 is 9.13 Å². The van der Waals surface area contributed by atoms with Crippen LogP contribution in [-0.4, -0.2) is 14.1 Å². The third-order valence-corrected chi connectivity index (χ3v) is 13.8. The molecule has 0 atom stereocenters. The lowest BCUT2D eigenvalue weighted by Crippen LogP contribution is -2.05. The first kappa shape index (κ1) is 40.7. The first-order valence-electron chi connectivity index (χ1n) is 23.2. The highest BCUT2D eigenvalue weighted by atomic mass is 15.0. The molecule has 0 saturated heterocycles. The number of benzene rings is 9. The third kappa shape index (κ3) is 6.96. The van der Waals surface area contributed by atoms with Gasteiger partial charge in [0.05, 0.1) is 57.5 Å². The van der Waals surface area contributed by atoms with Gasteiger partial charge in [-0.25, -0.2) is 0 Å². The van der Waals surface area contributed by atoms with Crippen molar-refractivity contribution in [1.29, 1.82) is 5.26 Å². The van der Waals surface area contributed by atoms with Gasteiger partial charge in [-0.05, 0) is 114 Å². The Balaban J connectivity index is 1.21. The van der Waals surface area contributed by atoms with Gasteiger partial charge in [0, 0.05) is 27.1 Å². The molecule has 0 fully saturated rings. The maximum absolute atomic E-state index is 10.1. The summed E-state index contributed by atoms with van der Waals surface area (Å²) in [5.74, 6) is 0. The summed E-state index contributed by atoms with van der Waals surface area (Å²) in [6.07, 6.45) is 4.05. The van der Waals surface area contributed by atoms with Crippen LogP contribution in [0.5, 0.6) is 0 Å². The van der Waals surface area contributed by atoms with E-state index in [2.05, 4.69) is 225 Å². The fraction of sp³-hybridized carbons (Fsp3) is 0.0625. The smallest absolute Gasteiger partial charge is 0.0991 e. The van der Waals surface area contributed by atoms with Crippen LogP contribution in [0.15, 0.2) is 207 Å². The van der Waals surface area contributed by atoms with Crippen LogP contribution in [0.25, 0.3) is 111 Å². The maximum Gasteiger partial charge on any atom is 0.0991 e. The molecule has 3 aromatic heterocycles. The van der Waals surface area contributed by atoms with Crippen LogP contribution in [-0.2, 0) is 0 Å². The van der Waals surface area contributed by atoms with E-state index in [-0.39, 0.29) is 0 Å². The van der Waals surface area contributed by atoms with Gasteiger partial charge in [-0.15, -0.1) is 0 Å². The number of aromatic nitrogens is 3. The Kier molecular flexibility index (Phi) is 9.74. The van der Waals surface area contributed by atoms with Gasteiger partial charge in [-0.3, -0.25) is 4.98 Å². The van der Waals surface area contributed by atoms with E-state index in [4.69, 9.17) is 4.98 Å². The zero-order valence-corrected chi connectivity index (χ0v) is 38.4. The number of nitriles is 1. The summed E-state index contributed by atoms with van der Waals surface area (Å²) in [5.41, 5.74) is 22.9. The van der Waals surface area contributed by atoms with Crippen LogP contribution >= 0.6 is 0 Å². The van der Waals surface area contributed by atoms with Crippen molar-refractivity contribution in [2.24, 2.45) is 0 Å². The Labute approximate surface area is 396 Å². The molecule has 12 aromatic rings. The largest absolute Gasteiger partial charge is 0.307 e. The fourth-order valence-electron chi connectivity index (χ4n) is 10.0. The van der Waals surface area contributed by atoms with E-state index in [0.29, 0.717) is 5.56 Å².